The highest BCUT2D eigenvalue weighted by Crippen LogP contribution is 2.34. The number of piperidine rings is 1. The summed E-state index contributed by atoms with van der Waals surface area (Å²) in [5.41, 5.74) is 10.9. The molecule has 198 valence electrons. The van der Waals surface area contributed by atoms with Crippen LogP contribution in [-0.4, -0.2) is 51.9 Å². The lowest BCUT2D eigenvalue weighted by Crippen LogP contribution is -2.42. The van der Waals surface area contributed by atoms with Crippen molar-refractivity contribution in [2.45, 2.75) is 44.4 Å². The van der Waals surface area contributed by atoms with Crippen molar-refractivity contribution < 1.29 is 13.7 Å². The molecule has 0 radical (unpaired) electrons. The van der Waals surface area contributed by atoms with E-state index in [-0.39, 0.29) is 17.6 Å². The Labute approximate surface area is 221 Å². The molecular formula is C29H33FN6O2. The molecule has 1 aliphatic carbocycles. The number of nitrogen functional groups attached to an aromatic ring is 1. The van der Waals surface area contributed by atoms with Crippen LogP contribution in [-0.2, 0) is 19.9 Å². The maximum Gasteiger partial charge on any atom is 0.259 e. The van der Waals surface area contributed by atoms with Crippen molar-refractivity contribution >= 4 is 28.4 Å². The van der Waals surface area contributed by atoms with Crippen LogP contribution in [0.1, 0.15) is 58.9 Å². The molecule has 1 fully saturated rings. The average molecular weight is 517 g/mol. The molecule has 1 amide bonds. The summed E-state index contributed by atoms with van der Waals surface area (Å²) >= 11 is 0. The van der Waals surface area contributed by atoms with Gasteiger partial charge in [0.25, 0.3) is 5.91 Å². The lowest BCUT2D eigenvalue weighted by molar-refractivity contribution is 0.0979. The highest BCUT2D eigenvalue weighted by Gasteiger charge is 2.30. The van der Waals surface area contributed by atoms with E-state index in [9.17, 15) is 9.18 Å². The number of fused-ring (bicyclic) bond motifs is 2. The third-order valence-electron chi connectivity index (χ3n) is 8.02. The molecule has 2 N–H and O–H groups in total. The van der Waals surface area contributed by atoms with E-state index in [0.717, 1.165) is 80.8 Å². The summed E-state index contributed by atoms with van der Waals surface area (Å²) in [5, 5.41) is 9.95. The number of halogens is 1. The summed E-state index contributed by atoms with van der Waals surface area (Å²) in [6, 6.07) is 11.8. The molecule has 2 aliphatic rings. The van der Waals surface area contributed by atoms with Crippen LogP contribution in [0, 0.1) is 5.82 Å². The van der Waals surface area contributed by atoms with Crippen LogP contribution < -0.4 is 10.6 Å². The van der Waals surface area contributed by atoms with Crippen LogP contribution in [0.4, 0.5) is 15.9 Å². The second-order valence-corrected chi connectivity index (χ2v) is 10.5. The fourth-order valence-corrected chi connectivity index (χ4v) is 5.98. The van der Waals surface area contributed by atoms with E-state index in [4.69, 9.17) is 15.4 Å². The lowest BCUT2D eigenvalue weighted by atomic mass is 9.91. The number of hydrogen-bond acceptors (Lipinski definition) is 6. The van der Waals surface area contributed by atoms with E-state index >= 15 is 0 Å². The predicted octanol–water partition coefficient (Wildman–Crippen LogP) is 4.69. The molecular weight excluding hydrogens is 483 g/mol. The van der Waals surface area contributed by atoms with Gasteiger partial charge in [-0.2, -0.15) is 5.10 Å². The van der Waals surface area contributed by atoms with Gasteiger partial charge in [-0.05, 0) is 88.0 Å². The van der Waals surface area contributed by atoms with Gasteiger partial charge in [-0.3, -0.25) is 14.4 Å². The number of benzene rings is 2. The number of hydrogen-bond donors (Lipinski definition) is 1. The van der Waals surface area contributed by atoms with Crippen molar-refractivity contribution in [2.24, 2.45) is 7.05 Å². The molecule has 8 nitrogen and oxygen atoms in total. The van der Waals surface area contributed by atoms with E-state index in [1.165, 1.54) is 17.7 Å². The van der Waals surface area contributed by atoms with Crippen LogP contribution in [0.25, 0.3) is 11.0 Å². The Morgan fingerprint density at radius 1 is 1.13 bits per heavy atom. The first-order valence-corrected chi connectivity index (χ1v) is 13.5. The van der Waals surface area contributed by atoms with Gasteiger partial charge in [0, 0.05) is 54.3 Å². The van der Waals surface area contributed by atoms with Crippen LogP contribution in [0.5, 0.6) is 0 Å². The number of rotatable bonds is 6. The summed E-state index contributed by atoms with van der Waals surface area (Å²) in [5.74, 6) is 0.840. The number of carbonyl (C=O) groups is 1. The van der Waals surface area contributed by atoms with Gasteiger partial charge in [-0.15, -0.1) is 0 Å². The molecule has 2 aromatic heterocycles. The molecule has 38 heavy (non-hydrogen) atoms. The van der Waals surface area contributed by atoms with Gasteiger partial charge in [0.15, 0.2) is 5.58 Å². The zero-order chi connectivity index (χ0) is 26.2. The highest BCUT2D eigenvalue weighted by atomic mass is 19.1. The summed E-state index contributed by atoms with van der Waals surface area (Å²) in [6.45, 7) is 3.13. The fourth-order valence-electron chi connectivity index (χ4n) is 5.98. The van der Waals surface area contributed by atoms with Crippen LogP contribution in [0.3, 0.4) is 0 Å². The topological polar surface area (TPSA) is 93.4 Å². The van der Waals surface area contributed by atoms with Gasteiger partial charge in [-0.25, -0.2) is 4.39 Å². The van der Waals surface area contributed by atoms with E-state index in [2.05, 4.69) is 10.1 Å². The van der Waals surface area contributed by atoms with Gasteiger partial charge in [-0.1, -0.05) is 5.16 Å². The normalized spacial score (nSPS) is 16.6. The molecule has 0 spiro atoms. The van der Waals surface area contributed by atoms with Gasteiger partial charge >= 0.3 is 0 Å². The molecule has 0 atom stereocenters. The SMILES string of the molecule is Cn1nc2c(c1N(CCN1CCC(c3noc4cc(F)ccc34)CC1)C(=O)c1ccc(N)cc1)CCCC2. The second-order valence-electron chi connectivity index (χ2n) is 10.5. The van der Waals surface area contributed by atoms with E-state index in [1.807, 2.05) is 16.6 Å². The number of aromatic nitrogens is 3. The molecule has 1 saturated heterocycles. The van der Waals surface area contributed by atoms with E-state index < -0.39 is 0 Å². The molecule has 0 saturated carbocycles. The van der Waals surface area contributed by atoms with Crippen molar-refractivity contribution in [3.05, 3.63) is 70.8 Å². The molecule has 0 bridgehead atoms. The molecule has 9 heteroatoms. The predicted molar refractivity (Wildman–Crippen MR) is 145 cm³/mol. The molecule has 4 aromatic rings. The molecule has 1 aliphatic heterocycles. The molecule has 0 unspecified atom stereocenters. The smallest absolute Gasteiger partial charge is 0.259 e. The number of likely N-dealkylation sites (tertiary alicyclic amines) is 1. The number of anilines is 2. The Morgan fingerprint density at radius 2 is 1.89 bits per heavy atom. The van der Waals surface area contributed by atoms with E-state index in [1.54, 1.807) is 30.3 Å². The number of carbonyl (C=O) groups excluding carboxylic acids is 1. The fraction of sp³-hybridized carbons (Fsp3) is 0.414. The number of nitrogens with zero attached hydrogens (tertiary/aromatic N) is 5. The highest BCUT2D eigenvalue weighted by molar-refractivity contribution is 6.06. The quantitative estimate of drug-likeness (QED) is 0.374. The summed E-state index contributed by atoms with van der Waals surface area (Å²) < 4.78 is 20.8. The van der Waals surface area contributed by atoms with Crippen LogP contribution >= 0.6 is 0 Å². The van der Waals surface area contributed by atoms with E-state index in [0.29, 0.717) is 23.4 Å². The summed E-state index contributed by atoms with van der Waals surface area (Å²) in [7, 11) is 1.94. The third-order valence-corrected chi connectivity index (χ3v) is 8.02. The third kappa shape index (κ3) is 4.67. The van der Waals surface area contributed by atoms with Crippen molar-refractivity contribution in [1.29, 1.82) is 0 Å². The zero-order valence-electron chi connectivity index (χ0n) is 21.7. The molecule has 3 heterocycles. The lowest BCUT2D eigenvalue weighted by Gasteiger charge is -2.33. The maximum atomic E-state index is 13.8. The first kappa shape index (κ1) is 24.6. The van der Waals surface area contributed by atoms with Gasteiger partial charge in [0.05, 0.1) is 11.4 Å². The van der Waals surface area contributed by atoms with Crippen molar-refractivity contribution in [2.75, 3.05) is 36.8 Å². The first-order chi connectivity index (χ1) is 18.5. The number of aryl methyl sites for hydroxylation is 2. The first-order valence-electron chi connectivity index (χ1n) is 13.5. The maximum absolute atomic E-state index is 13.8. The minimum Gasteiger partial charge on any atom is -0.399 e. The van der Waals surface area contributed by atoms with Gasteiger partial charge < -0.3 is 15.2 Å². The Morgan fingerprint density at radius 3 is 2.68 bits per heavy atom. The Balaban J connectivity index is 1.18. The zero-order valence-corrected chi connectivity index (χ0v) is 21.7. The second kappa shape index (κ2) is 10.2. The molecule has 2 aromatic carbocycles. The number of amides is 1. The summed E-state index contributed by atoms with van der Waals surface area (Å²) in [4.78, 5) is 18.1. The minimum absolute atomic E-state index is 0.0300. The van der Waals surface area contributed by atoms with Crippen molar-refractivity contribution in [1.82, 2.24) is 19.8 Å². The summed E-state index contributed by atoms with van der Waals surface area (Å²) in [6.07, 6.45) is 6.04. The van der Waals surface area contributed by atoms with Crippen molar-refractivity contribution in [3.63, 3.8) is 0 Å². The largest absolute Gasteiger partial charge is 0.399 e. The monoisotopic (exact) mass is 516 g/mol. The minimum atomic E-state index is -0.317. The Kier molecular flexibility index (Phi) is 6.61. The Bertz CT molecular complexity index is 1450. The number of nitrogens with two attached hydrogens (primary N) is 1. The van der Waals surface area contributed by atoms with Crippen LogP contribution in [0.2, 0.25) is 0 Å². The van der Waals surface area contributed by atoms with Gasteiger partial charge in [0.1, 0.15) is 11.6 Å². The standard InChI is InChI=1S/C29H33FN6O2/c1-34-28(23-4-2-3-5-25(23)32-34)36(29(37)20-6-9-22(31)10-7-20)17-16-35-14-12-19(13-15-35)27-24-11-8-21(30)18-26(24)38-33-27/h6-11,18-19H,2-5,12-17,31H2,1H3. The molecule has 6 rings (SSSR count). The Hall–Kier alpha value is -3.72. The van der Waals surface area contributed by atoms with Gasteiger partial charge in [0.2, 0.25) is 0 Å². The van der Waals surface area contributed by atoms with Crippen molar-refractivity contribution in [3.8, 4) is 0 Å². The average Bonchev–Trinajstić information content (AvgIpc) is 3.49. The van der Waals surface area contributed by atoms with Crippen LogP contribution in [0.15, 0.2) is 47.0 Å².